The van der Waals surface area contributed by atoms with Gasteiger partial charge in [-0.1, -0.05) is 30.3 Å². The maximum Gasteiger partial charge on any atom is 0.139 e. The minimum absolute atomic E-state index is 0. The first-order valence-corrected chi connectivity index (χ1v) is 4.15. The Bertz CT molecular complexity index is 254. The Morgan fingerprint density at radius 3 is 2.57 bits per heavy atom. The van der Waals surface area contributed by atoms with Crippen LogP contribution in [0.5, 0.6) is 0 Å². The van der Waals surface area contributed by atoms with E-state index in [0.29, 0.717) is 12.9 Å². The first-order valence-electron chi connectivity index (χ1n) is 4.15. The Labute approximate surface area is 89.7 Å². The Morgan fingerprint density at radius 2 is 2.00 bits per heavy atom. The largest absolute Gasteiger partial charge is 0.375 e. The van der Waals surface area contributed by atoms with E-state index >= 15 is 0 Å². The summed E-state index contributed by atoms with van der Waals surface area (Å²) in [7, 11) is 0. The van der Waals surface area contributed by atoms with Crippen molar-refractivity contribution in [2.24, 2.45) is 5.73 Å². The zero-order valence-corrected chi connectivity index (χ0v) is 8.57. The van der Waals surface area contributed by atoms with Crippen molar-refractivity contribution < 1.29 is 9.53 Å². The monoisotopic (exact) mass is 215 g/mol. The molecule has 0 saturated heterocycles. The van der Waals surface area contributed by atoms with E-state index in [1.165, 1.54) is 0 Å². The molecule has 0 saturated carbocycles. The maximum atomic E-state index is 10.1. The first-order chi connectivity index (χ1) is 6.33. The third-order valence-electron chi connectivity index (χ3n) is 1.60. The van der Waals surface area contributed by atoms with Crippen molar-refractivity contribution in [2.75, 3.05) is 6.61 Å². The van der Waals surface area contributed by atoms with Gasteiger partial charge in [0.1, 0.15) is 6.29 Å². The van der Waals surface area contributed by atoms with Crippen molar-refractivity contribution in [3.63, 3.8) is 0 Å². The van der Waals surface area contributed by atoms with Gasteiger partial charge in [-0.15, -0.1) is 12.4 Å². The number of ether oxygens (including phenoxy) is 1. The van der Waals surface area contributed by atoms with Gasteiger partial charge in [-0.05, 0) is 5.56 Å². The molecule has 0 unspecified atom stereocenters. The van der Waals surface area contributed by atoms with E-state index in [1.54, 1.807) is 0 Å². The summed E-state index contributed by atoms with van der Waals surface area (Å²) >= 11 is 0. The third-order valence-corrected chi connectivity index (χ3v) is 1.60. The van der Waals surface area contributed by atoms with E-state index in [4.69, 9.17) is 10.5 Å². The molecule has 2 N–H and O–H groups in total. The molecule has 0 radical (unpaired) electrons. The lowest BCUT2D eigenvalue weighted by molar-refractivity contribution is -0.110. The van der Waals surface area contributed by atoms with Crippen LogP contribution in [0.15, 0.2) is 30.3 Å². The van der Waals surface area contributed by atoms with E-state index in [-0.39, 0.29) is 19.0 Å². The molecule has 0 fully saturated rings. The molecule has 3 nitrogen and oxygen atoms in total. The van der Waals surface area contributed by atoms with Crippen LogP contribution in [-0.4, -0.2) is 18.9 Å². The van der Waals surface area contributed by atoms with Crippen molar-refractivity contribution in [1.82, 2.24) is 0 Å². The number of nitrogens with two attached hydrogens (primary N) is 1. The molecule has 0 aromatic heterocycles. The van der Waals surface area contributed by atoms with E-state index in [2.05, 4.69) is 0 Å². The van der Waals surface area contributed by atoms with Crippen LogP contribution < -0.4 is 5.73 Å². The van der Waals surface area contributed by atoms with Crippen LogP contribution in [-0.2, 0) is 16.1 Å². The fourth-order valence-electron chi connectivity index (χ4n) is 0.926. The molecular formula is C10H14ClNO2. The molecule has 0 heterocycles. The molecule has 78 valence electrons. The molecule has 1 atom stereocenters. The Balaban J connectivity index is 0.00000169. The number of benzene rings is 1. The van der Waals surface area contributed by atoms with Gasteiger partial charge < -0.3 is 15.3 Å². The lowest BCUT2D eigenvalue weighted by Crippen LogP contribution is -2.27. The van der Waals surface area contributed by atoms with Gasteiger partial charge in [-0.2, -0.15) is 0 Å². The Kier molecular flexibility index (Phi) is 7.02. The number of carbonyl (C=O) groups excluding carboxylic acids is 1. The number of hydrogen-bond acceptors (Lipinski definition) is 3. The summed E-state index contributed by atoms with van der Waals surface area (Å²) in [6, 6.07) is 9.25. The fraction of sp³-hybridized carbons (Fsp3) is 0.300. The van der Waals surface area contributed by atoms with Gasteiger partial charge in [0.2, 0.25) is 0 Å². The summed E-state index contributed by atoms with van der Waals surface area (Å²) in [5.74, 6) is 0. The van der Waals surface area contributed by atoms with Gasteiger partial charge >= 0.3 is 0 Å². The molecule has 1 aromatic carbocycles. The molecule has 0 amide bonds. The number of hydrogen-bond donors (Lipinski definition) is 1. The smallest absolute Gasteiger partial charge is 0.139 e. The van der Waals surface area contributed by atoms with Crippen molar-refractivity contribution in [3.8, 4) is 0 Å². The molecule has 0 aliphatic heterocycles. The molecule has 0 aliphatic carbocycles. The van der Waals surface area contributed by atoms with Gasteiger partial charge in [-0.3, -0.25) is 0 Å². The summed E-state index contributed by atoms with van der Waals surface area (Å²) in [6.07, 6.45) is 0.686. The fourth-order valence-corrected chi connectivity index (χ4v) is 0.926. The van der Waals surface area contributed by atoms with Crippen LogP contribution in [0.1, 0.15) is 5.56 Å². The molecular weight excluding hydrogens is 202 g/mol. The van der Waals surface area contributed by atoms with Crippen LogP contribution in [0.2, 0.25) is 0 Å². The summed E-state index contributed by atoms with van der Waals surface area (Å²) in [4.78, 5) is 10.1. The van der Waals surface area contributed by atoms with Gasteiger partial charge in [0.15, 0.2) is 0 Å². The van der Waals surface area contributed by atoms with Crippen molar-refractivity contribution in [1.29, 1.82) is 0 Å². The molecule has 4 heteroatoms. The summed E-state index contributed by atoms with van der Waals surface area (Å²) in [6.45, 7) is 0.779. The average molecular weight is 216 g/mol. The van der Waals surface area contributed by atoms with E-state index in [9.17, 15) is 4.79 Å². The van der Waals surface area contributed by atoms with Crippen LogP contribution in [0.4, 0.5) is 0 Å². The molecule has 1 rings (SSSR count). The summed E-state index contributed by atoms with van der Waals surface area (Å²) in [5.41, 5.74) is 6.43. The van der Waals surface area contributed by atoms with Gasteiger partial charge in [0, 0.05) is 0 Å². The average Bonchev–Trinajstić information content (AvgIpc) is 2.19. The second-order valence-corrected chi connectivity index (χ2v) is 2.80. The first kappa shape index (κ1) is 13.1. The number of carbonyl (C=O) groups is 1. The Hall–Kier alpha value is -0.900. The van der Waals surface area contributed by atoms with Crippen molar-refractivity contribution in [3.05, 3.63) is 35.9 Å². The second-order valence-electron chi connectivity index (χ2n) is 2.80. The van der Waals surface area contributed by atoms with Crippen molar-refractivity contribution >= 4 is 18.7 Å². The highest BCUT2D eigenvalue weighted by molar-refractivity contribution is 5.85. The SMILES string of the molecule is Cl.N[C@H](C=O)COCc1ccccc1. The van der Waals surface area contributed by atoms with Crippen LogP contribution in [0.25, 0.3) is 0 Å². The van der Waals surface area contributed by atoms with Crippen LogP contribution >= 0.6 is 12.4 Å². The van der Waals surface area contributed by atoms with Crippen LogP contribution in [0.3, 0.4) is 0 Å². The van der Waals surface area contributed by atoms with Crippen molar-refractivity contribution in [2.45, 2.75) is 12.6 Å². The number of halogens is 1. The second kappa shape index (κ2) is 7.50. The van der Waals surface area contributed by atoms with E-state index in [0.717, 1.165) is 5.56 Å². The number of aldehydes is 1. The van der Waals surface area contributed by atoms with Gasteiger partial charge in [0.25, 0.3) is 0 Å². The molecule has 1 aromatic rings. The third kappa shape index (κ3) is 4.97. The lowest BCUT2D eigenvalue weighted by atomic mass is 10.2. The quantitative estimate of drug-likeness (QED) is 0.750. The highest BCUT2D eigenvalue weighted by Gasteiger charge is 1.99. The van der Waals surface area contributed by atoms with E-state index in [1.807, 2.05) is 30.3 Å². The minimum Gasteiger partial charge on any atom is -0.375 e. The topological polar surface area (TPSA) is 52.3 Å². The molecule has 0 spiro atoms. The highest BCUT2D eigenvalue weighted by Crippen LogP contribution is 1.99. The summed E-state index contributed by atoms with van der Waals surface area (Å²) in [5, 5.41) is 0. The molecule has 0 aliphatic rings. The normalized spacial score (nSPS) is 11.5. The standard InChI is InChI=1S/C10H13NO2.ClH/c11-10(6-12)8-13-7-9-4-2-1-3-5-9;/h1-6,10H,7-8,11H2;1H/t10-;/m1./s1. The zero-order valence-electron chi connectivity index (χ0n) is 7.76. The molecule has 0 bridgehead atoms. The maximum absolute atomic E-state index is 10.1. The van der Waals surface area contributed by atoms with Crippen LogP contribution in [0, 0.1) is 0 Å². The van der Waals surface area contributed by atoms with E-state index < -0.39 is 6.04 Å². The minimum atomic E-state index is -0.510. The number of rotatable bonds is 5. The molecule has 14 heavy (non-hydrogen) atoms. The summed E-state index contributed by atoms with van der Waals surface area (Å²) < 4.78 is 5.22. The Morgan fingerprint density at radius 1 is 1.36 bits per heavy atom. The predicted molar refractivity (Wildman–Crippen MR) is 57.4 cm³/mol. The highest BCUT2D eigenvalue weighted by atomic mass is 35.5. The van der Waals surface area contributed by atoms with Gasteiger partial charge in [-0.25, -0.2) is 0 Å². The van der Waals surface area contributed by atoms with Gasteiger partial charge in [0.05, 0.1) is 19.3 Å². The zero-order chi connectivity index (χ0) is 9.52. The lowest BCUT2D eigenvalue weighted by Gasteiger charge is -2.05. The predicted octanol–water partition coefficient (Wildman–Crippen LogP) is 1.15.